The lowest BCUT2D eigenvalue weighted by atomic mass is 9.87. The highest BCUT2D eigenvalue weighted by Crippen LogP contribution is 2.25. The van der Waals surface area contributed by atoms with Crippen molar-refractivity contribution in [1.82, 2.24) is 0 Å². The standard InChI is InChI=1S/C14H21NO2/c1-13(2,3)10-6-8-11(9-7-10)17-14(4,5)12(15)16/h6-9H,1-5H3,(H2,15,16). The van der Waals surface area contributed by atoms with Crippen LogP contribution in [0.5, 0.6) is 5.75 Å². The largest absolute Gasteiger partial charge is 0.478 e. The van der Waals surface area contributed by atoms with Crippen LogP contribution in [0, 0.1) is 0 Å². The molecule has 0 bridgehead atoms. The second-order valence-corrected chi connectivity index (χ2v) is 5.75. The summed E-state index contributed by atoms with van der Waals surface area (Å²) in [4.78, 5) is 11.1. The average molecular weight is 235 g/mol. The number of hydrogen-bond donors (Lipinski definition) is 1. The van der Waals surface area contributed by atoms with Crippen LogP contribution in [0.1, 0.15) is 40.2 Å². The fourth-order valence-corrected chi connectivity index (χ4v) is 1.37. The first kappa shape index (κ1) is 13.6. The van der Waals surface area contributed by atoms with Crippen LogP contribution in [0.3, 0.4) is 0 Å². The van der Waals surface area contributed by atoms with E-state index in [-0.39, 0.29) is 5.41 Å². The molecule has 1 rings (SSSR count). The average Bonchev–Trinajstić information content (AvgIpc) is 2.16. The summed E-state index contributed by atoms with van der Waals surface area (Å²) >= 11 is 0. The third kappa shape index (κ3) is 3.48. The monoisotopic (exact) mass is 235 g/mol. The zero-order chi connectivity index (χ0) is 13.3. The first-order chi connectivity index (χ1) is 7.63. The molecule has 3 nitrogen and oxygen atoms in total. The first-order valence-electron chi connectivity index (χ1n) is 5.72. The van der Waals surface area contributed by atoms with Crippen LogP contribution in [0.15, 0.2) is 24.3 Å². The molecule has 0 saturated heterocycles. The van der Waals surface area contributed by atoms with Gasteiger partial charge < -0.3 is 10.5 Å². The fraction of sp³-hybridized carbons (Fsp3) is 0.500. The molecular weight excluding hydrogens is 214 g/mol. The highest BCUT2D eigenvalue weighted by Gasteiger charge is 2.27. The summed E-state index contributed by atoms with van der Waals surface area (Å²) in [6, 6.07) is 7.75. The Morgan fingerprint density at radius 1 is 1.06 bits per heavy atom. The van der Waals surface area contributed by atoms with Gasteiger partial charge in [0.25, 0.3) is 5.91 Å². The molecular formula is C14H21NO2. The second-order valence-electron chi connectivity index (χ2n) is 5.75. The van der Waals surface area contributed by atoms with Crippen molar-refractivity contribution in [3.63, 3.8) is 0 Å². The number of ether oxygens (including phenoxy) is 1. The Bertz CT molecular complexity index is 399. The van der Waals surface area contributed by atoms with Crippen LogP contribution in [0.25, 0.3) is 0 Å². The van der Waals surface area contributed by atoms with Gasteiger partial charge in [0.2, 0.25) is 0 Å². The van der Waals surface area contributed by atoms with E-state index < -0.39 is 11.5 Å². The summed E-state index contributed by atoms with van der Waals surface area (Å²) in [7, 11) is 0. The van der Waals surface area contributed by atoms with Gasteiger partial charge in [0.1, 0.15) is 5.75 Å². The molecule has 0 heterocycles. The van der Waals surface area contributed by atoms with Gasteiger partial charge in [0.05, 0.1) is 0 Å². The Hall–Kier alpha value is -1.51. The van der Waals surface area contributed by atoms with Crippen molar-refractivity contribution >= 4 is 5.91 Å². The van der Waals surface area contributed by atoms with E-state index in [1.807, 2.05) is 24.3 Å². The molecule has 0 fully saturated rings. The third-order valence-electron chi connectivity index (χ3n) is 2.69. The summed E-state index contributed by atoms with van der Waals surface area (Å²) in [6.07, 6.45) is 0. The first-order valence-corrected chi connectivity index (χ1v) is 5.72. The van der Waals surface area contributed by atoms with Crippen molar-refractivity contribution in [2.45, 2.75) is 45.6 Å². The van der Waals surface area contributed by atoms with E-state index in [1.165, 1.54) is 5.56 Å². The van der Waals surface area contributed by atoms with Crippen molar-refractivity contribution in [2.24, 2.45) is 5.73 Å². The summed E-state index contributed by atoms with van der Waals surface area (Å²) in [5, 5.41) is 0. The predicted octanol–water partition coefficient (Wildman–Crippen LogP) is 2.63. The lowest BCUT2D eigenvalue weighted by Gasteiger charge is -2.24. The molecule has 0 aliphatic rings. The fourth-order valence-electron chi connectivity index (χ4n) is 1.37. The molecule has 0 radical (unpaired) electrons. The Morgan fingerprint density at radius 2 is 1.53 bits per heavy atom. The predicted molar refractivity (Wildman–Crippen MR) is 69.0 cm³/mol. The van der Waals surface area contributed by atoms with Gasteiger partial charge in [-0.2, -0.15) is 0 Å². The van der Waals surface area contributed by atoms with Crippen LogP contribution in [0.2, 0.25) is 0 Å². The topological polar surface area (TPSA) is 52.3 Å². The van der Waals surface area contributed by atoms with E-state index in [0.29, 0.717) is 5.75 Å². The maximum Gasteiger partial charge on any atom is 0.261 e. The molecule has 17 heavy (non-hydrogen) atoms. The molecule has 2 N–H and O–H groups in total. The van der Waals surface area contributed by atoms with E-state index >= 15 is 0 Å². The highest BCUT2D eigenvalue weighted by atomic mass is 16.5. The number of hydrogen-bond acceptors (Lipinski definition) is 2. The molecule has 1 aromatic rings. The lowest BCUT2D eigenvalue weighted by molar-refractivity contribution is -0.130. The maximum absolute atomic E-state index is 11.1. The van der Waals surface area contributed by atoms with Crippen LogP contribution >= 0.6 is 0 Å². The molecule has 1 aromatic carbocycles. The van der Waals surface area contributed by atoms with Crippen molar-refractivity contribution in [3.8, 4) is 5.75 Å². The molecule has 1 amide bonds. The van der Waals surface area contributed by atoms with E-state index in [1.54, 1.807) is 13.8 Å². The summed E-state index contributed by atoms with van der Waals surface area (Å²) in [6.45, 7) is 9.77. The summed E-state index contributed by atoms with van der Waals surface area (Å²) in [5.41, 5.74) is 5.60. The second kappa shape index (κ2) is 4.40. The zero-order valence-corrected chi connectivity index (χ0v) is 11.2. The molecule has 0 aliphatic heterocycles. The number of carbonyl (C=O) groups excluding carboxylic acids is 1. The summed E-state index contributed by atoms with van der Waals surface area (Å²) in [5.74, 6) is 0.180. The van der Waals surface area contributed by atoms with Crippen LogP contribution in [0.4, 0.5) is 0 Å². The van der Waals surface area contributed by atoms with Gasteiger partial charge in [-0.05, 0) is 37.0 Å². The zero-order valence-electron chi connectivity index (χ0n) is 11.2. The van der Waals surface area contributed by atoms with Crippen molar-refractivity contribution in [1.29, 1.82) is 0 Å². The molecule has 0 saturated carbocycles. The van der Waals surface area contributed by atoms with Crippen molar-refractivity contribution in [3.05, 3.63) is 29.8 Å². The molecule has 94 valence electrons. The van der Waals surface area contributed by atoms with E-state index in [9.17, 15) is 4.79 Å². The van der Waals surface area contributed by atoms with Gasteiger partial charge in [-0.25, -0.2) is 0 Å². The van der Waals surface area contributed by atoms with Gasteiger partial charge in [0.15, 0.2) is 5.60 Å². The molecule has 0 aromatic heterocycles. The van der Waals surface area contributed by atoms with Crippen molar-refractivity contribution in [2.75, 3.05) is 0 Å². The van der Waals surface area contributed by atoms with Crippen LogP contribution in [-0.4, -0.2) is 11.5 Å². The minimum Gasteiger partial charge on any atom is -0.478 e. The Kier molecular flexibility index (Phi) is 3.51. The van der Waals surface area contributed by atoms with Crippen LogP contribution in [-0.2, 0) is 10.2 Å². The maximum atomic E-state index is 11.1. The number of carbonyl (C=O) groups is 1. The minimum absolute atomic E-state index is 0.109. The van der Waals surface area contributed by atoms with E-state index in [0.717, 1.165) is 0 Å². The van der Waals surface area contributed by atoms with Gasteiger partial charge in [-0.1, -0.05) is 32.9 Å². The quantitative estimate of drug-likeness (QED) is 0.875. The number of primary amides is 1. The SMILES string of the molecule is CC(C)(Oc1ccc(C(C)(C)C)cc1)C(N)=O. The van der Waals surface area contributed by atoms with E-state index in [4.69, 9.17) is 10.5 Å². The minimum atomic E-state index is -0.983. The smallest absolute Gasteiger partial charge is 0.261 e. The molecule has 0 aliphatic carbocycles. The third-order valence-corrected chi connectivity index (χ3v) is 2.69. The number of nitrogens with two attached hydrogens (primary N) is 1. The van der Waals surface area contributed by atoms with Gasteiger partial charge in [0, 0.05) is 0 Å². The lowest BCUT2D eigenvalue weighted by Crippen LogP contribution is -2.43. The van der Waals surface area contributed by atoms with Crippen LogP contribution < -0.4 is 10.5 Å². The summed E-state index contributed by atoms with van der Waals surface area (Å²) < 4.78 is 5.56. The van der Waals surface area contributed by atoms with Gasteiger partial charge in [-0.3, -0.25) is 4.79 Å². The van der Waals surface area contributed by atoms with E-state index in [2.05, 4.69) is 20.8 Å². The molecule has 0 spiro atoms. The molecule has 3 heteroatoms. The number of benzene rings is 1. The Labute approximate surface area is 103 Å². The normalized spacial score (nSPS) is 12.3. The number of rotatable bonds is 3. The van der Waals surface area contributed by atoms with Gasteiger partial charge >= 0.3 is 0 Å². The molecule has 0 atom stereocenters. The Balaban J connectivity index is 2.86. The number of amides is 1. The molecule has 0 unspecified atom stereocenters. The van der Waals surface area contributed by atoms with Crippen molar-refractivity contribution < 1.29 is 9.53 Å². The Morgan fingerprint density at radius 3 is 1.88 bits per heavy atom. The highest BCUT2D eigenvalue weighted by molar-refractivity contribution is 5.82. The van der Waals surface area contributed by atoms with Gasteiger partial charge in [-0.15, -0.1) is 0 Å².